The van der Waals surface area contributed by atoms with Gasteiger partial charge in [-0.1, -0.05) is 18.2 Å². The minimum Gasteiger partial charge on any atom is -0.368 e. The lowest BCUT2D eigenvalue weighted by atomic mass is 9.85. The Kier molecular flexibility index (Phi) is 5.37. The number of nitrogens with two attached hydrogens (primary N) is 1. The predicted octanol–water partition coefficient (Wildman–Crippen LogP) is 3.70. The average molecular weight is 437 g/mol. The molecule has 3 aromatic rings. The van der Waals surface area contributed by atoms with E-state index >= 15 is 0 Å². The van der Waals surface area contributed by atoms with Crippen molar-refractivity contribution in [2.24, 2.45) is 5.73 Å². The van der Waals surface area contributed by atoms with Gasteiger partial charge in [0.25, 0.3) is 0 Å². The number of para-hydroxylation sites is 2. The van der Waals surface area contributed by atoms with Gasteiger partial charge >= 0.3 is 5.69 Å². The number of carbonyl (C=O) groups excluding carboxylic acids is 1. The van der Waals surface area contributed by atoms with Crippen LogP contribution in [-0.4, -0.2) is 33.0 Å². The number of fused-ring (bicyclic) bond motifs is 2. The topological polar surface area (TPSA) is 73.3 Å². The third kappa shape index (κ3) is 3.45. The lowest BCUT2D eigenvalue weighted by molar-refractivity contribution is -0.120. The summed E-state index contributed by atoms with van der Waals surface area (Å²) in [5.41, 5.74) is 9.33. The maximum Gasteiger partial charge on any atom is 0.330 e. The number of nitrogens with zero attached hydrogens (tertiary/aromatic N) is 3. The molecule has 2 unspecified atom stereocenters. The van der Waals surface area contributed by atoms with E-state index in [1.165, 1.54) is 10.1 Å². The third-order valence-corrected chi connectivity index (χ3v) is 7.30. The van der Waals surface area contributed by atoms with Gasteiger partial charge in [0.05, 0.1) is 11.0 Å². The van der Waals surface area contributed by atoms with Gasteiger partial charge in [-0.15, -0.1) is 0 Å². The Morgan fingerprint density at radius 2 is 1.81 bits per heavy atom. The van der Waals surface area contributed by atoms with Crippen LogP contribution in [0.25, 0.3) is 11.0 Å². The molecule has 1 aromatic heterocycles. The number of aryl methyl sites for hydroxylation is 1. The molecule has 2 atom stereocenters. The molecule has 0 bridgehead atoms. The second kappa shape index (κ2) is 8.20. The molecule has 1 amide bonds. The van der Waals surface area contributed by atoms with E-state index in [2.05, 4.69) is 4.90 Å². The van der Waals surface area contributed by atoms with Crippen molar-refractivity contribution in [1.29, 1.82) is 0 Å². The van der Waals surface area contributed by atoms with Crippen LogP contribution in [0.15, 0.2) is 47.3 Å². The van der Waals surface area contributed by atoms with Crippen LogP contribution in [0.4, 0.5) is 4.39 Å². The highest BCUT2D eigenvalue weighted by molar-refractivity contribution is 5.82. The summed E-state index contributed by atoms with van der Waals surface area (Å²) in [7, 11) is 0. The molecule has 2 N–H and O–H groups in total. The highest BCUT2D eigenvalue weighted by atomic mass is 19.1. The van der Waals surface area contributed by atoms with Gasteiger partial charge in [0, 0.05) is 25.2 Å². The van der Waals surface area contributed by atoms with E-state index in [9.17, 15) is 14.0 Å². The van der Waals surface area contributed by atoms with Crippen molar-refractivity contribution in [2.75, 3.05) is 13.1 Å². The number of piperidine rings is 1. The van der Waals surface area contributed by atoms with Crippen molar-refractivity contribution in [3.63, 3.8) is 0 Å². The number of aromatic nitrogens is 2. The van der Waals surface area contributed by atoms with E-state index in [-0.39, 0.29) is 17.5 Å². The van der Waals surface area contributed by atoms with E-state index in [0.717, 1.165) is 61.8 Å². The molecular formula is C25H29FN4O2. The molecule has 0 spiro atoms. The Balaban J connectivity index is 1.42. The van der Waals surface area contributed by atoms with Crippen LogP contribution < -0.4 is 11.4 Å². The van der Waals surface area contributed by atoms with Gasteiger partial charge in [-0.05, 0) is 74.4 Å². The predicted molar refractivity (Wildman–Crippen MR) is 122 cm³/mol. The maximum atomic E-state index is 13.7. The van der Waals surface area contributed by atoms with Crippen LogP contribution >= 0.6 is 0 Å². The fourth-order valence-corrected chi connectivity index (χ4v) is 5.64. The number of amides is 1. The molecule has 1 aliphatic carbocycles. The second-order valence-corrected chi connectivity index (χ2v) is 9.11. The smallest absolute Gasteiger partial charge is 0.330 e. The number of rotatable bonds is 4. The summed E-state index contributed by atoms with van der Waals surface area (Å²) < 4.78 is 17.1. The number of carbonyl (C=O) groups is 1. The molecule has 1 saturated heterocycles. The Bertz CT molecular complexity index is 1220. The molecule has 5 rings (SSSR count). The van der Waals surface area contributed by atoms with Crippen molar-refractivity contribution in [3.05, 3.63) is 69.9 Å². The molecule has 32 heavy (non-hydrogen) atoms. The zero-order valence-corrected chi connectivity index (χ0v) is 18.3. The second-order valence-electron chi connectivity index (χ2n) is 9.11. The van der Waals surface area contributed by atoms with E-state index in [1.807, 2.05) is 34.9 Å². The first-order chi connectivity index (χ1) is 15.5. The Labute approximate surface area is 186 Å². The standard InChI is InChI=1S/C25H29FN4O2/c1-16(24(27)31)29-22-6-2-3-7-23(22)30(25(29)32)19-11-13-28(14-12-19)21-8-4-5-17-15-18(26)9-10-20(17)21/h2-3,6-7,9-10,15-16,19,21H,4-5,8,11-14H2,1H3,(H2,27,31). The fraction of sp³-hybridized carbons (Fsp3) is 0.440. The molecule has 0 saturated carbocycles. The van der Waals surface area contributed by atoms with Crippen LogP contribution in [0.5, 0.6) is 0 Å². The highest BCUT2D eigenvalue weighted by Gasteiger charge is 2.32. The zero-order chi connectivity index (χ0) is 22.4. The summed E-state index contributed by atoms with van der Waals surface area (Å²) in [6.07, 6.45) is 4.79. The van der Waals surface area contributed by atoms with Crippen molar-refractivity contribution < 1.29 is 9.18 Å². The van der Waals surface area contributed by atoms with Gasteiger partial charge in [-0.2, -0.15) is 0 Å². The van der Waals surface area contributed by atoms with Gasteiger partial charge < -0.3 is 5.73 Å². The first-order valence-electron chi connectivity index (χ1n) is 11.5. The normalized spacial score (nSPS) is 20.9. The Hall–Kier alpha value is -2.93. The van der Waals surface area contributed by atoms with E-state index in [0.29, 0.717) is 6.04 Å². The van der Waals surface area contributed by atoms with Crippen LogP contribution in [0.3, 0.4) is 0 Å². The molecule has 1 aliphatic heterocycles. The fourth-order valence-electron chi connectivity index (χ4n) is 5.64. The first kappa shape index (κ1) is 20.9. The number of likely N-dealkylation sites (tertiary alicyclic amines) is 1. The largest absolute Gasteiger partial charge is 0.368 e. The van der Waals surface area contributed by atoms with Gasteiger partial charge in [-0.25, -0.2) is 9.18 Å². The summed E-state index contributed by atoms with van der Waals surface area (Å²) >= 11 is 0. The summed E-state index contributed by atoms with van der Waals surface area (Å²) in [6.45, 7) is 3.43. The number of imidazole rings is 1. The lowest BCUT2D eigenvalue weighted by Crippen LogP contribution is -2.41. The number of primary amides is 1. The first-order valence-corrected chi connectivity index (χ1v) is 11.5. The van der Waals surface area contributed by atoms with Gasteiger partial charge in [0.15, 0.2) is 0 Å². The summed E-state index contributed by atoms with van der Waals surface area (Å²) in [5, 5.41) is 0. The molecule has 0 radical (unpaired) electrons. The van der Waals surface area contributed by atoms with Crippen molar-refractivity contribution >= 4 is 16.9 Å². The third-order valence-electron chi connectivity index (χ3n) is 7.30. The molecule has 2 aliphatic rings. The van der Waals surface area contributed by atoms with Gasteiger partial charge in [0.2, 0.25) is 5.91 Å². The van der Waals surface area contributed by atoms with Crippen LogP contribution in [0.2, 0.25) is 0 Å². The van der Waals surface area contributed by atoms with E-state index in [1.54, 1.807) is 19.1 Å². The van der Waals surface area contributed by atoms with Crippen LogP contribution in [-0.2, 0) is 11.2 Å². The minimum atomic E-state index is -0.701. The number of hydrogen-bond acceptors (Lipinski definition) is 3. The number of halogens is 1. The summed E-state index contributed by atoms with van der Waals surface area (Å²) in [4.78, 5) is 27.7. The minimum absolute atomic E-state index is 0.0706. The van der Waals surface area contributed by atoms with Crippen LogP contribution in [0.1, 0.15) is 61.9 Å². The summed E-state index contributed by atoms with van der Waals surface area (Å²) in [5.74, 6) is -0.679. The van der Waals surface area contributed by atoms with Crippen molar-refractivity contribution in [3.8, 4) is 0 Å². The molecule has 1 fully saturated rings. The zero-order valence-electron chi connectivity index (χ0n) is 18.3. The SMILES string of the molecule is CC(C(N)=O)n1c(=O)n(C2CCN(C3CCCc4cc(F)ccc43)CC2)c2ccccc21. The molecule has 2 aromatic carbocycles. The number of benzene rings is 2. The van der Waals surface area contributed by atoms with E-state index < -0.39 is 11.9 Å². The lowest BCUT2D eigenvalue weighted by Gasteiger charge is -2.40. The summed E-state index contributed by atoms with van der Waals surface area (Å²) in [6, 6.07) is 12.5. The molecule has 2 heterocycles. The van der Waals surface area contributed by atoms with Crippen molar-refractivity contribution in [1.82, 2.24) is 14.0 Å². The van der Waals surface area contributed by atoms with Gasteiger partial charge in [-0.3, -0.25) is 18.8 Å². The monoisotopic (exact) mass is 436 g/mol. The number of hydrogen-bond donors (Lipinski definition) is 1. The molecular weight excluding hydrogens is 407 g/mol. The van der Waals surface area contributed by atoms with Gasteiger partial charge in [0.1, 0.15) is 11.9 Å². The average Bonchev–Trinajstić information content (AvgIpc) is 3.09. The van der Waals surface area contributed by atoms with Crippen LogP contribution in [0, 0.1) is 5.82 Å². The highest BCUT2D eigenvalue weighted by Crippen LogP contribution is 2.38. The Morgan fingerprint density at radius 1 is 1.09 bits per heavy atom. The molecule has 7 heteroatoms. The Morgan fingerprint density at radius 3 is 2.53 bits per heavy atom. The van der Waals surface area contributed by atoms with Crippen molar-refractivity contribution in [2.45, 2.75) is 57.2 Å². The molecule has 6 nitrogen and oxygen atoms in total. The van der Waals surface area contributed by atoms with E-state index in [4.69, 9.17) is 5.73 Å². The quantitative estimate of drug-likeness (QED) is 0.678. The maximum absolute atomic E-state index is 13.7. The molecule has 168 valence electrons.